The zero-order chi connectivity index (χ0) is 22.5. The third kappa shape index (κ3) is 3.94. The molecule has 1 aliphatic heterocycles. The summed E-state index contributed by atoms with van der Waals surface area (Å²) < 4.78 is 29.8. The molecule has 0 spiro atoms. The predicted molar refractivity (Wildman–Crippen MR) is 134 cm³/mol. The smallest absolute Gasteiger partial charge is 0.261 e. The molecule has 32 heavy (non-hydrogen) atoms. The Balaban J connectivity index is 1.50. The number of fused-ring (bicyclic) bond motifs is 3. The van der Waals surface area contributed by atoms with Crippen molar-refractivity contribution in [2.75, 3.05) is 10.0 Å². The molecule has 0 fully saturated rings. The zero-order valence-corrected chi connectivity index (χ0v) is 20.6. The summed E-state index contributed by atoms with van der Waals surface area (Å²) in [7, 11) is -3.84. The molecule has 0 saturated carbocycles. The lowest BCUT2D eigenvalue weighted by molar-refractivity contribution is 0.425. The average molecular weight is 550 g/mol. The lowest BCUT2D eigenvalue weighted by Gasteiger charge is -2.37. The number of sulfonamides is 1. The van der Waals surface area contributed by atoms with Gasteiger partial charge in [0, 0.05) is 16.1 Å². The van der Waals surface area contributed by atoms with Crippen LogP contribution in [0.2, 0.25) is 10.0 Å². The predicted octanol–water partition coefficient (Wildman–Crippen LogP) is 7.38. The van der Waals surface area contributed by atoms with Gasteiger partial charge in [-0.25, -0.2) is 8.42 Å². The summed E-state index contributed by atoms with van der Waals surface area (Å²) in [6.07, 6.45) is 5.30. The Morgan fingerprint density at radius 1 is 1.03 bits per heavy atom. The molecule has 3 aromatic rings. The van der Waals surface area contributed by atoms with E-state index < -0.39 is 10.0 Å². The molecule has 0 radical (unpaired) electrons. The monoisotopic (exact) mass is 548 g/mol. The highest BCUT2D eigenvalue weighted by atomic mass is 79.9. The van der Waals surface area contributed by atoms with Crippen LogP contribution in [0, 0.1) is 5.92 Å². The lowest BCUT2D eigenvalue weighted by Crippen LogP contribution is -2.29. The van der Waals surface area contributed by atoms with E-state index in [1.807, 2.05) is 18.2 Å². The Bertz CT molecular complexity index is 1340. The first kappa shape index (κ1) is 21.8. The van der Waals surface area contributed by atoms with Crippen molar-refractivity contribution in [1.29, 1.82) is 0 Å². The molecule has 2 N–H and O–H groups in total. The van der Waals surface area contributed by atoms with Crippen molar-refractivity contribution in [2.45, 2.75) is 23.3 Å². The summed E-state index contributed by atoms with van der Waals surface area (Å²) in [5, 5.41) is 4.11. The van der Waals surface area contributed by atoms with E-state index in [2.05, 4.69) is 50.3 Å². The van der Waals surface area contributed by atoms with Crippen molar-refractivity contribution in [3.8, 4) is 0 Å². The molecule has 0 unspecified atom stereocenters. The zero-order valence-electron chi connectivity index (χ0n) is 16.7. The van der Waals surface area contributed by atoms with Gasteiger partial charge in [0.25, 0.3) is 10.0 Å². The molecule has 3 atom stereocenters. The van der Waals surface area contributed by atoms with Gasteiger partial charge in [0.05, 0.1) is 26.7 Å². The van der Waals surface area contributed by atoms with E-state index in [1.165, 1.54) is 5.56 Å². The maximum Gasteiger partial charge on any atom is 0.261 e. The van der Waals surface area contributed by atoms with Crippen LogP contribution in [-0.4, -0.2) is 8.42 Å². The third-order valence-corrected chi connectivity index (χ3v) is 8.72. The Kier molecular flexibility index (Phi) is 5.74. The van der Waals surface area contributed by atoms with E-state index in [9.17, 15) is 8.42 Å². The first-order valence-corrected chi connectivity index (χ1v) is 13.2. The van der Waals surface area contributed by atoms with Crippen LogP contribution >= 0.6 is 39.1 Å². The van der Waals surface area contributed by atoms with Gasteiger partial charge in [-0.1, -0.05) is 69.5 Å². The second kappa shape index (κ2) is 8.41. The van der Waals surface area contributed by atoms with Gasteiger partial charge in [-0.15, -0.1) is 0 Å². The number of hydrogen-bond donors (Lipinski definition) is 2. The Hall–Kier alpha value is -1.99. The van der Waals surface area contributed by atoms with Crippen molar-refractivity contribution in [3.05, 3.63) is 98.5 Å². The second-order valence-corrected chi connectivity index (χ2v) is 11.4. The van der Waals surface area contributed by atoms with Gasteiger partial charge >= 0.3 is 0 Å². The van der Waals surface area contributed by atoms with Crippen molar-refractivity contribution < 1.29 is 8.42 Å². The molecule has 0 saturated heterocycles. The van der Waals surface area contributed by atoms with Crippen molar-refractivity contribution >= 4 is 60.5 Å². The van der Waals surface area contributed by atoms with E-state index in [0.29, 0.717) is 10.9 Å². The molecule has 1 heterocycles. The van der Waals surface area contributed by atoms with Gasteiger partial charge in [0.15, 0.2) is 0 Å². The molecule has 8 heteroatoms. The Labute approximate surface area is 205 Å². The van der Waals surface area contributed by atoms with Gasteiger partial charge in [-0.05, 0) is 65.9 Å². The van der Waals surface area contributed by atoms with E-state index in [-0.39, 0.29) is 27.6 Å². The number of allylic oxidation sites excluding steroid dienone is 2. The first-order valence-electron chi connectivity index (χ1n) is 10.1. The van der Waals surface area contributed by atoms with Crippen LogP contribution in [0.25, 0.3) is 0 Å². The van der Waals surface area contributed by atoms with E-state index >= 15 is 0 Å². The van der Waals surface area contributed by atoms with E-state index in [1.54, 1.807) is 30.3 Å². The number of rotatable bonds is 4. The maximum atomic E-state index is 13.1. The summed E-state index contributed by atoms with van der Waals surface area (Å²) in [5.41, 5.74) is 3.39. The fraction of sp³-hybridized carbons (Fsp3) is 0.167. The highest BCUT2D eigenvalue weighted by molar-refractivity contribution is 9.10. The fourth-order valence-corrected chi connectivity index (χ4v) is 6.48. The molecular formula is C24H19BrCl2N2O2S. The van der Waals surface area contributed by atoms with Gasteiger partial charge in [-0.2, -0.15) is 0 Å². The standard InChI is InChI=1S/C24H19BrCl2N2O2S/c25-15-5-1-4-14(12-15)24-18-7-2-6-17(18)19-13-16(10-11-21(19)28-24)32(30,31)29-22-9-3-8-20(26)23(22)27/h1-6,8-13,17-18,24,28-29H,7H2/t17-,18+,24+/m0/s1. The normalized spacial score (nSPS) is 21.5. The molecule has 2 aliphatic rings. The molecule has 4 nitrogen and oxygen atoms in total. The highest BCUT2D eigenvalue weighted by Crippen LogP contribution is 2.50. The summed E-state index contributed by atoms with van der Waals surface area (Å²) >= 11 is 15.8. The quantitative estimate of drug-likeness (QED) is 0.334. The van der Waals surface area contributed by atoms with E-state index in [0.717, 1.165) is 22.1 Å². The SMILES string of the molecule is O=S(=O)(Nc1cccc(Cl)c1Cl)c1ccc2c(c1)[C@H]1C=CC[C@H]1[C@@H](c1cccc(Br)c1)N2. The number of benzene rings is 3. The molecule has 3 aromatic carbocycles. The molecule has 5 rings (SSSR count). The summed E-state index contributed by atoms with van der Waals surface area (Å²) in [6.45, 7) is 0. The minimum absolute atomic E-state index is 0.139. The van der Waals surface area contributed by atoms with E-state index in [4.69, 9.17) is 23.2 Å². The van der Waals surface area contributed by atoms with Crippen molar-refractivity contribution in [1.82, 2.24) is 0 Å². The van der Waals surface area contributed by atoms with Gasteiger partial charge in [-0.3, -0.25) is 4.72 Å². The third-order valence-electron chi connectivity index (χ3n) is 6.05. The molecule has 1 aliphatic carbocycles. The number of anilines is 2. The van der Waals surface area contributed by atoms with Crippen LogP contribution in [0.3, 0.4) is 0 Å². The topological polar surface area (TPSA) is 58.2 Å². The van der Waals surface area contributed by atoms with Gasteiger partial charge in [0.1, 0.15) is 0 Å². The maximum absolute atomic E-state index is 13.1. The second-order valence-electron chi connectivity index (χ2n) is 7.99. The molecular weight excluding hydrogens is 531 g/mol. The van der Waals surface area contributed by atoms with Crippen LogP contribution in [0.5, 0.6) is 0 Å². The molecule has 0 bridgehead atoms. The molecule has 0 amide bonds. The molecule has 164 valence electrons. The minimum atomic E-state index is -3.84. The van der Waals surface area contributed by atoms with Gasteiger partial charge < -0.3 is 5.32 Å². The van der Waals surface area contributed by atoms with Crippen LogP contribution in [0.4, 0.5) is 11.4 Å². The molecule has 0 aromatic heterocycles. The van der Waals surface area contributed by atoms with Crippen molar-refractivity contribution in [3.63, 3.8) is 0 Å². The van der Waals surface area contributed by atoms with Crippen LogP contribution in [-0.2, 0) is 10.0 Å². The summed E-state index contributed by atoms with van der Waals surface area (Å²) in [4.78, 5) is 0.189. The summed E-state index contributed by atoms with van der Waals surface area (Å²) in [6, 6.07) is 18.5. The first-order chi connectivity index (χ1) is 15.3. The van der Waals surface area contributed by atoms with Crippen LogP contribution in [0.15, 0.2) is 82.2 Å². The number of hydrogen-bond acceptors (Lipinski definition) is 3. The number of nitrogens with one attached hydrogen (secondary N) is 2. The minimum Gasteiger partial charge on any atom is -0.378 e. The lowest BCUT2D eigenvalue weighted by atomic mass is 9.77. The van der Waals surface area contributed by atoms with Crippen molar-refractivity contribution in [2.24, 2.45) is 5.92 Å². The van der Waals surface area contributed by atoms with Gasteiger partial charge in [0.2, 0.25) is 0 Å². The summed E-state index contributed by atoms with van der Waals surface area (Å²) in [5.74, 6) is 0.449. The van der Waals surface area contributed by atoms with Crippen LogP contribution in [0.1, 0.15) is 29.5 Å². The number of halogens is 3. The average Bonchev–Trinajstić information content (AvgIpc) is 3.26. The Morgan fingerprint density at radius 3 is 2.66 bits per heavy atom. The van der Waals surface area contributed by atoms with Crippen LogP contribution < -0.4 is 10.0 Å². The Morgan fingerprint density at radius 2 is 1.84 bits per heavy atom. The highest BCUT2D eigenvalue weighted by Gasteiger charge is 2.38. The fourth-order valence-electron chi connectivity index (χ4n) is 4.56. The largest absolute Gasteiger partial charge is 0.378 e.